The first kappa shape index (κ1) is 11.1. The molecule has 19 heavy (non-hydrogen) atoms. The second kappa shape index (κ2) is 4.70. The van der Waals surface area contributed by atoms with E-state index in [4.69, 9.17) is 5.26 Å². The van der Waals surface area contributed by atoms with E-state index in [1.807, 2.05) is 24.3 Å². The first-order valence-corrected chi connectivity index (χ1v) is 5.68. The van der Waals surface area contributed by atoms with Crippen LogP contribution >= 0.6 is 0 Å². The minimum absolute atomic E-state index is 0.622. The molecule has 3 rings (SSSR count). The molecule has 0 bridgehead atoms. The van der Waals surface area contributed by atoms with Crippen molar-refractivity contribution in [3.63, 3.8) is 0 Å². The monoisotopic (exact) mass is 247 g/mol. The van der Waals surface area contributed by atoms with E-state index >= 15 is 0 Å². The lowest BCUT2D eigenvalue weighted by Gasteiger charge is -1.96. The van der Waals surface area contributed by atoms with Gasteiger partial charge in [0, 0.05) is 23.5 Å². The van der Waals surface area contributed by atoms with Gasteiger partial charge in [0.15, 0.2) is 0 Å². The van der Waals surface area contributed by atoms with Crippen LogP contribution in [0.1, 0.15) is 5.56 Å². The van der Waals surface area contributed by atoms with Crippen LogP contribution in [0.4, 0.5) is 0 Å². The summed E-state index contributed by atoms with van der Waals surface area (Å²) in [6, 6.07) is 11.4. The molecule has 0 spiro atoms. The van der Waals surface area contributed by atoms with Gasteiger partial charge in [-0.15, -0.1) is 0 Å². The maximum atomic E-state index is 8.90. The molecule has 0 aliphatic carbocycles. The van der Waals surface area contributed by atoms with Crippen molar-refractivity contribution >= 4 is 0 Å². The zero-order valence-corrected chi connectivity index (χ0v) is 9.91. The molecule has 0 saturated heterocycles. The molecule has 2 aromatic heterocycles. The smallest absolute Gasteiger partial charge is 0.115 e. The summed E-state index contributed by atoms with van der Waals surface area (Å²) in [7, 11) is 0. The number of rotatable bonds is 2. The summed E-state index contributed by atoms with van der Waals surface area (Å²) < 4.78 is 0. The van der Waals surface area contributed by atoms with Gasteiger partial charge in [-0.05, 0) is 18.2 Å². The second-order valence-electron chi connectivity index (χ2n) is 3.99. The Hall–Kier alpha value is -3.00. The van der Waals surface area contributed by atoms with Crippen molar-refractivity contribution in [2.75, 3.05) is 0 Å². The Bertz CT molecular complexity index is 740. The van der Waals surface area contributed by atoms with E-state index in [-0.39, 0.29) is 0 Å². The molecule has 0 radical (unpaired) electrons. The highest BCUT2D eigenvalue weighted by atomic mass is 15.1. The third kappa shape index (κ3) is 2.19. The number of hydrogen-bond donors (Lipinski definition) is 1. The minimum Gasteiger partial charge on any atom is -0.277 e. The average molecular weight is 247 g/mol. The molecule has 0 amide bonds. The standard InChI is InChI=1S/C14H9N5/c15-6-10-2-1-3-11(4-10)13-5-14(19-18-13)12-7-16-9-17-8-12/h1-5,7-9H,(H,18,19). The normalized spacial score (nSPS) is 10.1. The third-order valence-electron chi connectivity index (χ3n) is 2.74. The fourth-order valence-electron chi connectivity index (χ4n) is 1.81. The van der Waals surface area contributed by atoms with Crippen molar-refractivity contribution in [2.24, 2.45) is 0 Å². The summed E-state index contributed by atoms with van der Waals surface area (Å²) >= 11 is 0. The zero-order chi connectivity index (χ0) is 13.1. The summed E-state index contributed by atoms with van der Waals surface area (Å²) in [5.74, 6) is 0. The number of nitrogens with one attached hydrogen (secondary N) is 1. The Morgan fingerprint density at radius 2 is 1.89 bits per heavy atom. The van der Waals surface area contributed by atoms with Gasteiger partial charge in [0.05, 0.1) is 23.0 Å². The largest absolute Gasteiger partial charge is 0.277 e. The second-order valence-corrected chi connectivity index (χ2v) is 3.99. The predicted octanol–water partition coefficient (Wildman–Crippen LogP) is 2.41. The molecule has 90 valence electrons. The molecular weight excluding hydrogens is 238 g/mol. The maximum Gasteiger partial charge on any atom is 0.115 e. The number of H-pyrrole nitrogens is 1. The molecule has 0 unspecified atom stereocenters. The number of nitriles is 1. The highest BCUT2D eigenvalue weighted by Gasteiger charge is 2.06. The number of aromatic amines is 1. The number of hydrogen-bond acceptors (Lipinski definition) is 4. The van der Waals surface area contributed by atoms with E-state index in [0.717, 1.165) is 22.5 Å². The lowest BCUT2D eigenvalue weighted by atomic mass is 10.1. The highest BCUT2D eigenvalue weighted by Crippen LogP contribution is 2.23. The van der Waals surface area contributed by atoms with Crippen LogP contribution in [0, 0.1) is 11.3 Å². The van der Waals surface area contributed by atoms with Gasteiger partial charge in [-0.2, -0.15) is 10.4 Å². The summed E-state index contributed by atoms with van der Waals surface area (Å²) in [5, 5.41) is 16.1. The van der Waals surface area contributed by atoms with Crippen LogP contribution in [0.5, 0.6) is 0 Å². The van der Waals surface area contributed by atoms with Gasteiger partial charge < -0.3 is 0 Å². The van der Waals surface area contributed by atoms with Gasteiger partial charge in [-0.1, -0.05) is 12.1 Å². The summed E-state index contributed by atoms with van der Waals surface area (Å²) in [5.41, 5.74) is 4.03. The first-order valence-electron chi connectivity index (χ1n) is 5.68. The molecule has 0 aliphatic rings. The van der Waals surface area contributed by atoms with E-state index in [1.165, 1.54) is 6.33 Å². The molecule has 0 atom stereocenters. The van der Waals surface area contributed by atoms with Crippen LogP contribution in [0.2, 0.25) is 0 Å². The van der Waals surface area contributed by atoms with Crippen molar-refractivity contribution in [2.45, 2.75) is 0 Å². The van der Waals surface area contributed by atoms with E-state index in [9.17, 15) is 0 Å². The first-order chi connectivity index (χ1) is 9.36. The lowest BCUT2D eigenvalue weighted by Crippen LogP contribution is -1.81. The fraction of sp³-hybridized carbons (Fsp3) is 0. The SMILES string of the molecule is N#Cc1cccc(-c2cc(-c3cncnc3)n[nH]2)c1. The third-order valence-corrected chi connectivity index (χ3v) is 2.74. The Balaban J connectivity index is 2.00. The van der Waals surface area contributed by atoms with Crippen LogP contribution in [0.3, 0.4) is 0 Å². The number of aromatic nitrogens is 4. The van der Waals surface area contributed by atoms with E-state index < -0.39 is 0 Å². The van der Waals surface area contributed by atoms with Crippen LogP contribution in [-0.4, -0.2) is 20.2 Å². The fourth-order valence-corrected chi connectivity index (χ4v) is 1.81. The lowest BCUT2D eigenvalue weighted by molar-refractivity contribution is 1.09. The van der Waals surface area contributed by atoms with Gasteiger partial charge >= 0.3 is 0 Å². The Morgan fingerprint density at radius 3 is 2.68 bits per heavy atom. The minimum atomic E-state index is 0.622. The molecule has 5 heteroatoms. The van der Waals surface area contributed by atoms with Crippen LogP contribution in [0.25, 0.3) is 22.5 Å². The Labute approximate surface area is 109 Å². The molecule has 1 aromatic carbocycles. The summed E-state index contributed by atoms with van der Waals surface area (Å²) in [6.07, 6.45) is 4.89. The number of benzene rings is 1. The zero-order valence-electron chi connectivity index (χ0n) is 9.91. The average Bonchev–Trinajstić information content (AvgIpc) is 2.98. The van der Waals surface area contributed by atoms with Crippen molar-refractivity contribution in [3.05, 3.63) is 54.6 Å². The van der Waals surface area contributed by atoms with Crippen molar-refractivity contribution < 1.29 is 0 Å². The van der Waals surface area contributed by atoms with Crippen molar-refractivity contribution in [1.29, 1.82) is 5.26 Å². The summed E-state index contributed by atoms with van der Waals surface area (Å²) in [4.78, 5) is 7.92. The number of nitrogens with zero attached hydrogens (tertiary/aromatic N) is 4. The van der Waals surface area contributed by atoms with Crippen LogP contribution < -0.4 is 0 Å². The highest BCUT2D eigenvalue weighted by molar-refractivity contribution is 5.68. The maximum absolute atomic E-state index is 8.90. The van der Waals surface area contributed by atoms with Gasteiger partial charge in [0.25, 0.3) is 0 Å². The Morgan fingerprint density at radius 1 is 1.05 bits per heavy atom. The molecule has 3 aromatic rings. The van der Waals surface area contributed by atoms with Crippen molar-refractivity contribution in [3.8, 4) is 28.6 Å². The van der Waals surface area contributed by atoms with Crippen LogP contribution in [0.15, 0.2) is 49.1 Å². The molecular formula is C14H9N5. The topological polar surface area (TPSA) is 78.2 Å². The van der Waals surface area contributed by atoms with Gasteiger partial charge in [-0.3, -0.25) is 5.10 Å². The molecule has 2 heterocycles. The van der Waals surface area contributed by atoms with Gasteiger partial charge in [0.2, 0.25) is 0 Å². The summed E-state index contributed by atoms with van der Waals surface area (Å²) in [6.45, 7) is 0. The quantitative estimate of drug-likeness (QED) is 0.754. The molecule has 0 saturated carbocycles. The van der Waals surface area contributed by atoms with Gasteiger partial charge in [0.1, 0.15) is 6.33 Å². The molecule has 5 nitrogen and oxygen atoms in total. The van der Waals surface area contributed by atoms with E-state index in [0.29, 0.717) is 5.56 Å². The predicted molar refractivity (Wildman–Crippen MR) is 69.8 cm³/mol. The Kier molecular flexibility index (Phi) is 2.75. The molecule has 0 aliphatic heterocycles. The molecule has 1 N–H and O–H groups in total. The van der Waals surface area contributed by atoms with Gasteiger partial charge in [-0.25, -0.2) is 9.97 Å². The van der Waals surface area contributed by atoms with E-state index in [2.05, 4.69) is 26.2 Å². The molecule has 0 fully saturated rings. The van der Waals surface area contributed by atoms with Crippen LogP contribution in [-0.2, 0) is 0 Å². The van der Waals surface area contributed by atoms with E-state index in [1.54, 1.807) is 18.5 Å². The van der Waals surface area contributed by atoms with Crippen molar-refractivity contribution in [1.82, 2.24) is 20.2 Å².